The quantitative estimate of drug-likeness (QED) is 0.580. The number of hydrogen-bond donors (Lipinski definition) is 2. The molecule has 1 heterocycles. The lowest BCUT2D eigenvalue weighted by Crippen LogP contribution is -2.46. The fraction of sp³-hybridized carbons (Fsp3) is 0.435. The standard InChI is InChI=1S/C23H32N4O3S/c1-19-7-5-9-21(17-19)27-15-13-26(14-16-27)12-4-3-11-25-23(28)20-8-6-10-22(18-20)31(29,30)24-2/h5-10,17-18,24H,3-4,11-16H2,1-2H3,(H,25,28). The van der Waals surface area contributed by atoms with Gasteiger partial charge in [-0.25, -0.2) is 13.1 Å². The van der Waals surface area contributed by atoms with Crippen molar-refractivity contribution in [2.45, 2.75) is 24.7 Å². The third-order valence-corrected chi connectivity index (χ3v) is 7.01. The van der Waals surface area contributed by atoms with E-state index in [1.165, 1.54) is 30.4 Å². The lowest BCUT2D eigenvalue weighted by molar-refractivity contribution is 0.0952. The van der Waals surface area contributed by atoms with Gasteiger partial charge in [-0.2, -0.15) is 0 Å². The number of piperazine rings is 1. The summed E-state index contributed by atoms with van der Waals surface area (Å²) in [6.07, 6.45) is 1.90. The van der Waals surface area contributed by atoms with Crippen LogP contribution in [0.2, 0.25) is 0 Å². The Kier molecular flexibility index (Phi) is 8.06. The van der Waals surface area contributed by atoms with Crippen LogP contribution in [-0.2, 0) is 10.0 Å². The van der Waals surface area contributed by atoms with Gasteiger partial charge in [0, 0.05) is 44.0 Å². The minimum atomic E-state index is -3.56. The van der Waals surface area contributed by atoms with Gasteiger partial charge in [0.1, 0.15) is 0 Å². The molecule has 2 aromatic carbocycles. The van der Waals surface area contributed by atoms with E-state index in [1.54, 1.807) is 12.1 Å². The Balaban J connectivity index is 1.36. The largest absolute Gasteiger partial charge is 0.369 e. The van der Waals surface area contributed by atoms with Crippen LogP contribution in [0.15, 0.2) is 53.4 Å². The summed E-state index contributed by atoms with van der Waals surface area (Å²) in [5.74, 6) is -0.250. The molecule has 0 saturated carbocycles. The molecule has 1 aliphatic rings. The van der Waals surface area contributed by atoms with Gasteiger partial charge in [-0.15, -0.1) is 0 Å². The average molecular weight is 445 g/mol. The lowest BCUT2D eigenvalue weighted by atomic mass is 10.2. The zero-order valence-corrected chi connectivity index (χ0v) is 19.1. The number of carbonyl (C=O) groups is 1. The van der Waals surface area contributed by atoms with Gasteiger partial charge in [0.2, 0.25) is 10.0 Å². The van der Waals surface area contributed by atoms with E-state index in [1.807, 2.05) is 0 Å². The maximum absolute atomic E-state index is 12.3. The SMILES string of the molecule is CNS(=O)(=O)c1cccc(C(=O)NCCCCN2CCN(c3cccc(C)c3)CC2)c1. The summed E-state index contributed by atoms with van der Waals surface area (Å²) in [5.41, 5.74) is 2.94. The molecule has 0 bridgehead atoms. The summed E-state index contributed by atoms with van der Waals surface area (Å²) >= 11 is 0. The van der Waals surface area contributed by atoms with Gasteiger partial charge in [0.05, 0.1) is 4.90 Å². The third-order valence-electron chi connectivity index (χ3n) is 5.60. The van der Waals surface area contributed by atoms with Crippen molar-refractivity contribution < 1.29 is 13.2 Å². The van der Waals surface area contributed by atoms with Crippen molar-refractivity contribution in [3.8, 4) is 0 Å². The van der Waals surface area contributed by atoms with Crippen LogP contribution in [0.3, 0.4) is 0 Å². The summed E-state index contributed by atoms with van der Waals surface area (Å²) in [7, 11) is -2.21. The molecule has 7 nitrogen and oxygen atoms in total. The van der Waals surface area contributed by atoms with Gasteiger partial charge < -0.3 is 10.2 Å². The monoisotopic (exact) mass is 444 g/mol. The summed E-state index contributed by atoms with van der Waals surface area (Å²) in [4.78, 5) is 17.3. The molecule has 3 rings (SSSR count). The number of carbonyl (C=O) groups excluding carboxylic acids is 1. The minimum Gasteiger partial charge on any atom is -0.369 e. The Labute approximate surface area is 185 Å². The molecule has 1 aliphatic heterocycles. The topological polar surface area (TPSA) is 81.7 Å². The summed E-state index contributed by atoms with van der Waals surface area (Å²) in [6, 6.07) is 14.7. The highest BCUT2D eigenvalue weighted by Crippen LogP contribution is 2.18. The molecular formula is C23H32N4O3S. The molecule has 0 unspecified atom stereocenters. The fourth-order valence-electron chi connectivity index (χ4n) is 3.74. The molecule has 0 spiro atoms. The highest BCUT2D eigenvalue weighted by molar-refractivity contribution is 7.89. The van der Waals surface area contributed by atoms with E-state index in [4.69, 9.17) is 0 Å². The molecule has 31 heavy (non-hydrogen) atoms. The normalized spacial score (nSPS) is 15.1. The van der Waals surface area contributed by atoms with Gasteiger partial charge in [-0.3, -0.25) is 9.69 Å². The second-order valence-corrected chi connectivity index (χ2v) is 9.75. The Hall–Kier alpha value is -2.42. The average Bonchev–Trinajstić information content (AvgIpc) is 2.79. The van der Waals surface area contributed by atoms with Crippen molar-refractivity contribution in [2.24, 2.45) is 0 Å². The smallest absolute Gasteiger partial charge is 0.251 e. The number of nitrogens with zero attached hydrogens (tertiary/aromatic N) is 2. The molecule has 2 N–H and O–H groups in total. The van der Waals surface area contributed by atoms with Crippen molar-refractivity contribution >= 4 is 21.6 Å². The maximum atomic E-state index is 12.3. The van der Waals surface area contributed by atoms with Gasteiger partial charge in [0.15, 0.2) is 0 Å². The van der Waals surface area contributed by atoms with E-state index in [0.717, 1.165) is 45.6 Å². The minimum absolute atomic E-state index is 0.0902. The summed E-state index contributed by atoms with van der Waals surface area (Å²) < 4.78 is 26.0. The van der Waals surface area contributed by atoms with Crippen LogP contribution in [0.4, 0.5) is 5.69 Å². The van der Waals surface area contributed by atoms with Crippen LogP contribution in [0.5, 0.6) is 0 Å². The molecule has 168 valence electrons. The molecule has 2 aromatic rings. The Bertz CT molecular complexity index is 986. The van der Waals surface area contributed by atoms with Crippen molar-refractivity contribution in [1.82, 2.24) is 14.9 Å². The van der Waals surface area contributed by atoms with Gasteiger partial charge >= 0.3 is 0 Å². The van der Waals surface area contributed by atoms with Crippen molar-refractivity contribution in [3.05, 3.63) is 59.7 Å². The first-order valence-corrected chi connectivity index (χ1v) is 12.2. The molecule has 8 heteroatoms. The zero-order chi connectivity index (χ0) is 22.3. The Morgan fingerprint density at radius 3 is 2.45 bits per heavy atom. The second-order valence-electron chi connectivity index (χ2n) is 7.87. The van der Waals surface area contributed by atoms with Crippen molar-refractivity contribution in [2.75, 3.05) is 51.2 Å². The predicted octanol–water partition coefficient (Wildman–Crippen LogP) is 2.24. The third kappa shape index (κ3) is 6.53. The zero-order valence-electron chi connectivity index (χ0n) is 18.3. The summed E-state index contributed by atoms with van der Waals surface area (Å²) in [6.45, 7) is 7.89. The number of benzene rings is 2. The predicted molar refractivity (Wildman–Crippen MR) is 124 cm³/mol. The number of rotatable bonds is 9. The van der Waals surface area contributed by atoms with E-state index in [-0.39, 0.29) is 10.8 Å². The van der Waals surface area contributed by atoms with Gasteiger partial charge in [-0.05, 0) is 69.3 Å². The highest BCUT2D eigenvalue weighted by Gasteiger charge is 2.17. The van der Waals surface area contributed by atoms with E-state index in [0.29, 0.717) is 12.1 Å². The molecule has 0 aliphatic carbocycles. The van der Waals surface area contributed by atoms with Crippen molar-refractivity contribution in [3.63, 3.8) is 0 Å². The first-order valence-electron chi connectivity index (χ1n) is 10.7. The van der Waals surface area contributed by atoms with E-state index in [2.05, 4.69) is 51.0 Å². The number of nitrogens with one attached hydrogen (secondary N) is 2. The van der Waals surface area contributed by atoms with Crippen LogP contribution in [0.25, 0.3) is 0 Å². The first kappa shape index (κ1) is 23.2. The van der Waals surface area contributed by atoms with E-state index < -0.39 is 10.0 Å². The van der Waals surface area contributed by atoms with Crippen LogP contribution in [0, 0.1) is 6.92 Å². The number of unbranched alkanes of at least 4 members (excludes halogenated alkanes) is 1. The maximum Gasteiger partial charge on any atom is 0.251 e. The molecule has 1 saturated heterocycles. The Morgan fingerprint density at radius 2 is 1.74 bits per heavy atom. The Morgan fingerprint density at radius 1 is 1.00 bits per heavy atom. The van der Waals surface area contributed by atoms with Crippen LogP contribution in [-0.4, -0.2) is 65.5 Å². The van der Waals surface area contributed by atoms with Gasteiger partial charge in [0.25, 0.3) is 5.91 Å². The molecule has 1 fully saturated rings. The fourth-order valence-corrected chi connectivity index (χ4v) is 4.52. The number of hydrogen-bond acceptors (Lipinski definition) is 5. The summed E-state index contributed by atoms with van der Waals surface area (Å²) in [5, 5.41) is 2.89. The van der Waals surface area contributed by atoms with Crippen molar-refractivity contribution in [1.29, 1.82) is 0 Å². The van der Waals surface area contributed by atoms with Crippen LogP contribution in [0.1, 0.15) is 28.8 Å². The number of sulfonamides is 1. The highest BCUT2D eigenvalue weighted by atomic mass is 32.2. The molecule has 0 atom stereocenters. The van der Waals surface area contributed by atoms with E-state index in [9.17, 15) is 13.2 Å². The van der Waals surface area contributed by atoms with Gasteiger partial charge in [-0.1, -0.05) is 18.2 Å². The first-order chi connectivity index (χ1) is 14.9. The number of aryl methyl sites for hydroxylation is 1. The van der Waals surface area contributed by atoms with Crippen LogP contribution >= 0.6 is 0 Å². The molecule has 0 aromatic heterocycles. The molecule has 1 amide bonds. The lowest BCUT2D eigenvalue weighted by Gasteiger charge is -2.36. The second kappa shape index (κ2) is 10.7. The van der Waals surface area contributed by atoms with Crippen LogP contribution < -0.4 is 14.9 Å². The number of amides is 1. The molecule has 0 radical (unpaired) electrons. The molecular weight excluding hydrogens is 412 g/mol. The van der Waals surface area contributed by atoms with E-state index >= 15 is 0 Å². The number of anilines is 1.